The first-order valence-electron chi connectivity index (χ1n) is 4.81. The molecule has 0 aromatic carbocycles. The van der Waals surface area contributed by atoms with E-state index >= 15 is 0 Å². The van der Waals surface area contributed by atoms with Crippen LogP contribution in [-0.4, -0.2) is 5.11 Å². The van der Waals surface area contributed by atoms with Crippen molar-refractivity contribution < 1.29 is 5.11 Å². The van der Waals surface area contributed by atoms with E-state index in [0.29, 0.717) is 5.76 Å². The molecule has 66 valence electrons. The molecule has 12 heavy (non-hydrogen) atoms. The summed E-state index contributed by atoms with van der Waals surface area (Å²) in [6.45, 7) is 3.52. The predicted octanol–water partition coefficient (Wildman–Crippen LogP) is 3.05. The van der Waals surface area contributed by atoms with Gasteiger partial charge in [0.25, 0.3) is 0 Å². The largest absolute Gasteiger partial charge is 0.513 e. The standard InChI is InChI=1S/C11H16O/c1-8(12)2-4-10-6-9-3-5-11(10)7-9/h3,5,9-12H,1-2,4,6-7H2. The lowest BCUT2D eigenvalue weighted by Crippen LogP contribution is -2.06. The molecule has 1 nitrogen and oxygen atoms in total. The van der Waals surface area contributed by atoms with Crippen molar-refractivity contribution in [3.63, 3.8) is 0 Å². The Labute approximate surface area is 73.8 Å². The topological polar surface area (TPSA) is 20.2 Å². The van der Waals surface area contributed by atoms with Crippen LogP contribution in [0.1, 0.15) is 25.7 Å². The Kier molecular flexibility index (Phi) is 1.95. The Morgan fingerprint density at radius 2 is 2.25 bits per heavy atom. The second-order valence-electron chi connectivity index (χ2n) is 4.15. The number of hydrogen-bond donors (Lipinski definition) is 1. The van der Waals surface area contributed by atoms with Gasteiger partial charge in [-0.1, -0.05) is 18.7 Å². The second-order valence-corrected chi connectivity index (χ2v) is 4.15. The van der Waals surface area contributed by atoms with Gasteiger partial charge in [-0.25, -0.2) is 0 Å². The first-order chi connectivity index (χ1) is 5.75. The van der Waals surface area contributed by atoms with Gasteiger partial charge in [-0.2, -0.15) is 0 Å². The predicted molar refractivity (Wildman–Crippen MR) is 49.8 cm³/mol. The maximum atomic E-state index is 8.97. The van der Waals surface area contributed by atoms with Crippen LogP contribution in [0.5, 0.6) is 0 Å². The highest BCUT2D eigenvalue weighted by Gasteiger charge is 2.34. The molecule has 3 atom stereocenters. The molecule has 0 saturated heterocycles. The van der Waals surface area contributed by atoms with Crippen LogP contribution in [0.4, 0.5) is 0 Å². The molecule has 0 aliphatic heterocycles. The summed E-state index contributed by atoms with van der Waals surface area (Å²) in [6, 6.07) is 0. The molecule has 1 N–H and O–H groups in total. The molecule has 2 aliphatic carbocycles. The molecule has 0 amide bonds. The molecule has 0 radical (unpaired) electrons. The summed E-state index contributed by atoms with van der Waals surface area (Å²) >= 11 is 0. The first kappa shape index (κ1) is 7.90. The van der Waals surface area contributed by atoms with Gasteiger partial charge in [0.05, 0.1) is 5.76 Å². The van der Waals surface area contributed by atoms with Gasteiger partial charge in [-0.3, -0.25) is 0 Å². The van der Waals surface area contributed by atoms with E-state index in [-0.39, 0.29) is 0 Å². The zero-order valence-electron chi connectivity index (χ0n) is 7.37. The number of fused-ring (bicyclic) bond motifs is 2. The fourth-order valence-electron chi connectivity index (χ4n) is 2.58. The Morgan fingerprint density at radius 1 is 1.42 bits per heavy atom. The molecular weight excluding hydrogens is 148 g/mol. The van der Waals surface area contributed by atoms with Crippen molar-refractivity contribution in [2.24, 2.45) is 17.8 Å². The minimum atomic E-state index is 0.349. The molecule has 0 aromatic rings. The van der Waals surface area contributed by atoms with E-state index in [1.165, 1.54) is 12.8 Å². The number of allylic oxidation sites excluding steroid dienone is 3. The maximum absolute atomic E-state index is 8.97. The van der Waals surface area contributed by atoms with Crippen molar-refractivity contribution in [2.45, 2.75) is 25.7 Å². The van der Waals surface area contributed by atoms with E-state index in [1.54, 1.807) is 0 Å². The molecule has 2 rings (SSSR count). The van der Waals surface area contributed by atoms with Crippen molar-refractivity contribution in [3.8, 4) is 0 Å². The third-order valence-corrected chi connectivity index (χ3v) is 3.22. The SMILES string of the molecule is C=C(O)CCC1CC2C=CC1C2. The molecule has 2 aliphatic rings. The number of hydrogen-bond acceptors (Lipinski definition) is 1. The van der Waals surface area contributed by atoms with Crippen LogP contribution < -0.4 is 0 Å². The summed E-state index contributed by atoms with van der Waals surface area (Å²) in [7, 11) is 0. The van der Waals surface area contributed by atoms with Crippen LogP contribution in [0.25, 0.3) is 0 Å². The van der Waals surface area contributed by atoms with Crippen molar-refractivity contribution in [1.29, 1.82) is 0 Å². The van der Waals surface area contributed by atoms with Crippen LogP contribution in [0.15, 0.2) is 24.5 Å². The maximum Gasteiger partial charge on any atom is 0.0851 e. The van der Waals surface area contributed by atoms with Crippen LogP contribution in [0.2, 0.25) is 0 Å². The Balaban J connectivity index is 1.83. The molecular formula is C11H16O. The summed E-state index contributed by atoms with van der Waals surface area (Å²) in [6.07, 6.45) is 9.34. The molecule has 1 heteroatoms. The highest BCUT2D eigenvalue weighted by Crippen LogP contribution is 2.45. The van der Waals surface area contributed by atoms with E-state index in [9.17, 15) is 0 Å². The quantitative estimate of drug-likeness (QED) is 0.502. The van der Waals surface area contributed by atoms with Gasteiger partial charge >= 0.3 is 0 Å². The molecule has 1 fully saturated rings. The molecule has 2 bridgehead atoms. The van der Waals surface area contributed by atoms with E-state index in [0.717, 1.165) is 30.6 Å². The zero-order chi connectivity index (χ0) is 8.55. The van der Waals surface area contributed by atoms with Crippen LogP contribution >= 0.6 is 0 Å². The molecule has 0 aromatic heterocycles. The van der Waals surface area contributed by atoms with Crippen molar-refractivity contribution in [2.75, 3.05) is 0 Å². The fourth-order valence-corrected chi connectivity index (χ4v) is 2.58. The number of aliphatic hydroxyl groups is 1. The highest BCUT2D eigenvalue weighted by molar-refractivity contribution is 5.10. The van der Waals surface area contributed by atoms with Crippen LogP contribution in [-0.2, 0) is 0 Å². The van der Waals surface area contributed by atoms with E-state index in [2.05, 4.69) is 18.7 Å². The van der Waals surface area contributed by atoms with Gasteiger partial charge in [-0.05, 0) is 37.0 Å². The first-order valence-corrected chi connectivity index (χ1v) is 4.81. The van der Waals surface area contributed by atoms with Gasteiger partial charge in [0.15, 0.2) is 0 Å². The Hall–Kier alpha value is -0.720. The van der Waals surface area contributed by atoms with Gasteiger partial charge < -0.3 is 5.11 Å². The summed E-state index contributed by atoms with van der Waals surface area (Å²) in [5.74, 6) is 2.84. The molecule has 3 unspecified atom stereocenters. The van der Waals surface area contributed by atoms with E-state index < -0.39 is 0 Å². The molecule has 0 heterocycles. The fraction of sp³-hybridized carbons (Fsp3) is 0.636. The van der Waals surface area contributed by atoms with Gasteiger partial charge in [0.1, 0.15) is 0 Å². The van der Waals surface area contributed by atoms with Crippen LogP contribution in [0.3, 0.4) is 0 Å². The smallest absolute Gasteiger partial charge is 0.0851 e. The highest BCUT2D eigenvalue weighted by atomic mass is 16.3. The normalized spacial score (nSPS) is 37.5. The van der Waals surface area contributed by atoms with Crippen molar-refractivity contribution in [1.82, 2.24) is 0 Å². The lowest BCUT2D eigenvalue weighted by Gasteiger charge is -2.16. The lowest BCUT2D eigenvalue weighted by atomic mass is 9.89. The third-order valence-electron chi connectivity index (χ3n) is 3.22. The van der Waals surface area contributed by atoms with E-state index in [4.69, 9.17) is 5.11 Å². The van der Waals surface area contributed by atoms with E-state index in [1.807, 2.05) is 0 Å². The van der Waals surface area contributed by atoms with Gasteiger partial charge in [0, 0.05) is 6.42 Å². The Morgan fingerprint density at radius 3 is 2.75 bits per heavy atom. The minimum Gasteiger partial charge on any atom is -0.513 e. The lowest BCUT2D eigenvalue weighted by molar-refractivity contribution is 0.346. The average Bonchev–Trinajstić information content (AvgIpc) is 2.60. The number of aliphatic hydroxyl groups excluding tert-OH is 1. The third kappa shape index (κ3) is 1.40. The summed E-state index contributed by atoms with van der Waals surface area (Å²) in [4.78, 5) is 0. The van der Waals surface area contributed by atoms with Crippen molar-refractivity contribution in [3.05, 3.63) is 24.5 Å². The number of rotatable bonds is 3. The summed E-state index contributed by atoms with van der Waals surface area (Å²) in [5, 5.41) is 8.97. The monoisotopic (exact) mass is 164 g/mol. The second kappa shape index (κ2) is 2.96. The van der Waals surface area contributed by atoms with Gasteiger partial charge in [0.2, 0.25) is 0 Å². The zero-order valence-corrected chi connectivity index (χ0v) is 7.37. The van der Waals surface area contributed by atoms with Crippen molar-refractivity contribution >= 4 is 0 Å². The molecule has 0 spiro atoms. The van der Waals surface area contributed by atoms with Crippen LogP contribution in [0, 0.1) is 17.8 Å². The average molecular weight is 164 g/mol. The van der Waals surface area contributed by atoms with Gasteiger partial charge in [-0.15, -0.1) is 0 Å². The summed E-state index contributed by atoms with van der Waals surface area (Å²) < 4.78 is 0. The Bertz CT molecular complexity index is 217. The summed E-state index contributed by atoms with van der Waals surface area (Å²) in [5.41, 5.74) is 0. The molecule has 1 saturated carbocycles. The minimum absolute atomic E-state index is 0.349.